The Hall–Kier alpha value is -2.71. The first kappa shape index (κ1) is 23.0. The molecule has 0 saturated heterocycles. The fourth-order valence-electron chi connectivity index (χ4n) is 3.24. The van der Waals surface area contributed by atoms with E-state index in [2.05, 4.69) is 11.4 Å². The van der Waals surface area contributed by atoms with E-state index in [1.54, 1.807) is 17.4 Å². The van der Waals surface area contributed by atoms with Crippen molar-refractivity contribution in [2.45, 2.75) is 31.5 Å². The lowest BCUT2D eigenvalue weighted by Crippen LogP contribution is -2.38. The number of amides is 2. The van der Waals surface area contributed by atoms with Crippen molar-refractivity contribution in [3.63, 3.8) is 0 Å². The SMILES string of the molecule is CN(CC(O)CO)C(=O)OC1CCc2c(sc(NC(=O)C=Cc3ccsc3)c2C#N)C1. The van der Waals surface area contributed by atoms with Gasteiger partial charge >= 0.3 is 6.09 Å². The Morgan fingerprint density at radius 1 is 1.52 bits per heavy atom. The predicted octanol–water partition coefficient (Wildman–Crippen LogP) is 2.61. The Kier molecular flexibility index (Phi) is 7.81. The summed E-state index contributed by atoms with van der Waals surface area (Å²) in [5, 5.41) is 35.1. The van der Waals surface area contributed by atoms with Crippen LogP contribution in [0.15, 0.2) is 22.9 Å². The van der Waals surface area contributed by atoms with E-state index in [4.69, 9.17) is 9.84 Å². The third-order valence-corrected chi connectivity index (χ3v) is 6.68. The van der Waals surface area contributed by atoms with E-state index in [0.717, 1.165) is 16.0 Å². The number of nitrogens with one attached hydrogen (secondary N) is 1. The van der Waals surface area contributed by atoms with E-state index in [0.29, 0.717) is 29.8 Å². The summed E-state index contributed by atoms with van der Waals surface area (Å²) in [6.07, 6.45) is 2.77. The van der Waals surface area contributed by atoms with Gasteiger partial charge in [0.25, 0.3) is 0 Å². The second-order valence-corrected chi connectivity index (χ2v) is 9.05. The molecule has 10 heteroatoms. The number of anilines is 1. The van der Waals surface area contributed by atoms with E-state index in [1.807, 2.05) is 16.8 Å². The monoisotopic (exact) mass is 461 g/mol. The number of nitrogens with zero attached hydrogens (tertiary/aromatic N) is 2. The summed E-state index contributed by atoms with van der Waals surface area (Å²) in [4.78, 5) is 26.6. The second-order valence-electron chi connectivity index (χ2n) is 7.16. The number of rotatable bonds is 7. The Morgan fingerprint density at radius 3 is 3.00 bits per heavy atom. The zero-order chi connectivity index (χ0) is 22.4. The smallest absolute Gasteiger partial charge is 0.409 e. The molecule has 1 aliphatic rings. The van der Waals surface area contributed by atoms with Gasteiger partial charge in [-0.15, -0.1) is 11.3 Å². The molecular formula is C21H23N3O5S2. The van der Waals surface area contributed by atoms with Crippen LogP contribution in [0.25, 0.3) is 6.08 Å². The van der Waals surface area contributed by atoms with Gasteiger partial charge in [0.05, 0.1) is 24.8 Å². The third-order valence-electron chi connectivity index (χ3n) is 4.81. The molecule has 31 heavy (non-hydrogen) atoms. The number of fused-ring (bicyclic) bond motifs is 1. The molecule has 8 nitrogen and oxygen atoms in total. The van der Waals surface area contributed by atoms with Gasteiger partial charge < -0.3 is 25.2 Å². The molecule has 3 rings (SSSR count). The topological polar surface area (TPSA) is 123 Å². The summed E-state index contributed by atoms with van der Waals surface area (Å²) in [5.41, 5.74) is 2.29. The average Bonchev–Trinajstić information content (AvgIpc) is 3.38. The van der Waals surface area contributed by atoms with Gasteiger partial charge in [-0.3, -0.25) is 4.79 Å². The number of likely N-dealkylation sites (N-methyl/N-ethyl adjacent to an activating group) is 1. The van der Waals surface area contributed by atoms with Gasteiger partial charge in [0.1, 0.15) is 17.2 Å². The number of hydrogen-bond acceptors (Lipinski definition) is 8. The zero-order valence-electron chi connectivity index (χ0n) is 16.9. The van der Waals surface area contributed by atoms with E-state index in [1.165, 1.54) is 29.4 Å². The molecule has 0 aliphatic heterocycles. The molecule has 2 atom stereocenters. The molecule has 2 unspecified atom stereocenters. The van der Waals surface area contributed by atoms with Gasteiger partial charge in [-0.05, 0) is 46.9 Å². The van der Waals surface area contributed by atoms with E-state index >= 15 is 0 Å². The summed E-state index contributed by atoms with van der Waals surface area (Å²) in [7, 11) is 1.49. The number of carbonyl (C=O) groups is 2. The Labute approximate surface area is 188 Å². The van der Waals surface area contributed by atoms with Crippen molar-refractivity contribution in [3.05, 3.63) is 44.5 Å². The van der Waals surface area contributed by atoms with Crippen molar-refractivity contribution >= 4 is 45.8 Å². The highest BCUT2D eigenvalue weighted by molar-refractivity contribution is 7.16. The first-order chi connectivity index (χ1) is 14.9. The van der Waals surface area contributed by atoms with Crippen molar-refractivity contribution in [1.82, 2.24) is 4.90 Å². The summed E-state index contributed by atoms with van der Waals surface area (Å²) in [6.45, 7) is -0.465. The molecule has 2 aromatic heterocycles. The summed E-state index contributed by atoms with van der Waals surface area (Å²) < 4.78 is 5.52. The van der Waals surface area contributed by atoms with Crippen LogP contribution in [0, 0.1) is 11.3 Å². The molecule has 0 aromatic carbocycles. The lowest BCUT2D eigenvalue weighted by Gasteiger charge is -2.26. The number of hydrogen-bond donors (Lipinski definition) is 3. The fraction of sp³-hybridized carbons (Fsp3) is 0.381. The van der Waals surface area contributed by atoms with Gasteiger partial charge in [-0.25, -0.2) is 4.79 Å². The highest BCUT2D eigenvalue weighted by Gasteiger charge is 2.29. The minimum Gasteiger partial charge on any atom is -0.446 e. The maximum atomic E-state index is 12.3. The van der Waals surface area contributed by atoms with Crippen LogP contribution in [0.2, 0.25) is 0 Å². The largest absolute Gasteiger partial charge is 0.446 e. The van der Waals surface area contributed by atoms with Crippen LogP contribution >= 0.6 is 22.7 Å². The van der Waals surface area contributed by atoms with Gasteiger partial charge in [0, 0.05) is 24.4 Å². The number of aliphatic hydroxyl groups is 2. The van der Waals surface area contributed by atoms with Crippen LogP contribution in [0.3, 0.4) is 0 Å². The quantitative estimate of drug-likeness (QED) is 0.545. The Morgan fingerprint density at radius 2 is 2.32 bits per heavy atom. The fourth-order valence-corrected chi connectivity index (χ4v) is 5.13. The summed E-state index contributed by atoms with van der Waals surface area (Å²) in [5.74, 6) is -0.312. The standard InChI is InChI=1S/C21H23N3O5S2/c1-24(10-14(26)11-25)21(28)29-15-3-4-16-17(9-22)20(31-18(16)8-15)23-19(27)5-2-13-6-7-30-12-13/h2,5-7,12,14-15,25-26H,3-4,8,10-11H2,1H3,(H,23,27). The molecule has 3 N–H and O–H groups in total. The van der Waals surface area contributed by atoms with E-state index < -0.39 is 18.8 Å². The lowest BCUT2D eigenvalue weighted by molar-refractivity contribution is -0.111. The maximum Gasteiger partial charge on any atom is 0.409 e. The van der Waals surface area contributed by atoms with Gasteiger partial charge in [0.15, 0.2) is 0 Å². The normalized spacial score (nSPS) is 16.4. The Balaban J connectivity index is 1.64. The lowest BCUT2D eigenvalue weighted by atomic mass is 9.94. The van der Waals surface area contributed by atoms with Crippen LogP contribution in [-0.2, 0) is 22.4 Å². The highest BCUT2D eigenvalue weighted by atomic mass is 32.1. The zero-order valence-corrected chi connectivity index (χ0v) is 18.5. The first-order valence-corrected chi connectivity index (χ1v) is 11.4. The number of aliphatic hydroxyl groups excluding tert-OH is 2. The minimum absolute atomic E-state index is 0.0278. The molecule has 0 spiro atoms. The van der Waals surface area contributed by atoms with Gasteiger partial charge in [-0.1, -0.05) is 0 Å². The minimum atomic E-state index is -1.02. The number of nitriles is 1. The average molecular weight is 462 g/mol. The van der Waals surface area contributed by atoms with Crippen LogP contribution in [-0.4, -0.2) is 59.5 Å². The third kappa shape index (κ3) is 5.92. The molecule has 0 fully saturated rings. The predicted molar refractivity (Wildman–Crippen MR) is 119 cm³/mol. The van der Waals surface area contributed by atoms with Crippen molar-refractivity contribution < 1.29 is 24.5 Å². The van der Waals surface area contributed by atoms with Crippen LogP contribution in [0.4, 0.5) is 9.80 Å². The molecule has 0 saturated carbocycles. The van der Waals surface area contributed by atoms with Crippen molar-refractivity contribution in [2.24, 2.45) is 0 Å². The number of ether oxygens (including phenoxy) is 1. The van der Waals surface area contributed by atoms with E-state index in [9.17, 15) is 20.0 Å². The highest BCUT2D eigenvalue weighted by Crippen LogP contribution is 2.38. The first-order valence-electron chi connectivity index (χ1n) is 9.67. The second kappa shape index (κ2) is 10.5. The maximum absolute atomic E-state index is 12.3. The van der Waals surface area contributed by atoms with Gasteiger partial charge in [0.2, 0.25) is 5.91 Å². The number of thiophene rings is 2. The molecule has 1 aliphatic carbocycles. The van der Waals surface area contributed by atoms with Crippen molar-refractivity contribution in [3.8, 4) is 6.07 Å². The molecular weight excluding hydrogens is 438 g/mol. The molecule has 0 bridgehead atoms. The summed E-state index contributed by atoms with van der Waals surface area (Å²) in [6, 6.07) is 4.09. The van der Waals surface area contributed by atoms with Crippen LogP contribution in [0.1, 0.15) is 28.0 Å². The number of carbonyl (C=O) groups excluding carboxylic acids is 2. The van der Waals surface area contributed by atoms with Crippen LogP contribution in [0.5, 0.6) is 0 Å². The van der Waals surface area contributed by atoms with Crippen molar-refractivity contribution in [2.75, 3.05) is 25.5 Å². The van der Waals surface area contributed by atoms with E-state index in [-0.39, 0.29) is 18.6 Å². The van der Waals surface area contributed by atoms with Crippen molar-refractivity contribution in [1.29, 1.82) is 5.26 Å². The molecule has 164 valence electrons. The molecule has 0 radical (unpaired) electrons. The Bertz CT molecular complexity index is 994. The molecule has 2 heterocycles. The van der Waals surface area contributed by atoms with Crippen LogP contribution < -0.4 is 5.32 Å². The molecule has 2 aromatic rings. The summed E-state index contributed by atoms with van der Waals surface area (Å²) >= 11 is 2.87. The van der Waals surface area contributed by atoms with Gasteiger partial charge in [-0.2, -0.15) is 16.6 Å². The molecule has 2 amide bonds.